The number of carbonyl (C=O) groups excluding carboxylic acids is 1. The smallest absolute Gasteiger partial charge is 0.409 e. The van der Waals surface area contributed by atoms with Crippen LogP contribution >= 0.6 is 11.6 Å². The maximum Gasteiger partial charge on any atom is 0.409 e. The van der Waals surface area contributed by atoms with Gasteiger partial charge >= 0.3 is 6.09 Å². The highest BCUT2D eigenvalue weighted by Crippen LogP contribution is 2.36. The molecule has 0 aliphatic carbocycles. The van der Waals surface area contributed by atoms with E-state index in [4.69, 9.17) is 27.2 Å². The maximum absolute atomic E-state index is 15.6. The monoisotopic (exact) mass is 561 g/mol. The number of fused-ring (bicyclic) bond motifs is 3. The summed E-state index contributed by atoms with van der Waals surface area (Å²) in [6.45, 7) is 5.19. The van der Waals surface area contributed by atoms with Crippen LogP contribution in [0.2, 0.25) is 5.02 Å². The Labute approximate surface area is 230 Å². The minimum atomic E-state index is -1.10. The molecule has 3 fully saturated rings. The lowest BCUT2D eigenvalue weighted by atomic mass is 10.0. The number of hydrogen-bond acceptors (Lipinski definition) is 9. The predicted molar refractivity (Wildman–Crippen MR) is 140 cm³/mol. The van der Waals surface area contributed by atoms with E-state index >= 15 is 4.39 Å². The number of benzene rings is 1. The molecule has 1 amide bonds. The van der Waals surface area contributed by atoms with Crippen molar-refractivity contribution in [1.82, 2.24) is 24.4 Å². The molecule has 3 aliphatic rings. The molecular formula is C26H30ClFN6O5. The molecule has 3 saturated heterocycles. The molecule has 6 rings (SSSR count). The molecule has 1 aromatic carbocycles. The predicted octanol–water partition coefficient (Wildman–Crippen LogP) is 3.71. The molecule has 2 aromatic heterocycles. The van der Waals surface area contributed by atoms with E-state index in [1.165, 1.54) is 19.4 Å². The Hall–Kier alpha value is -3.06. The number of aliphatic hydroxyl groups excluding tert-OH is 1. The second-order valence-corrected chi connectivity index (χ2v) is 10.7. The molecule has 1 unspecified atom stereocenters. The Bertz CT molecular complexity index is 1440. The highest BCUT2D eigenvalue weighted by atomic mass is 35.5. The van der Waals surface area contributed by atoms with Crippen molar-refractivity contribution in [3.63, 3.8) is 0 Å². The summed E-state index contributed by atoms with van der Waals surface area (Å²) in [5, 5.41) is 13.9. The Morgan fingerprint density at radius 3 is 2.97 bits per heavy atom. The molecule has 11 nitrogen and oxygen atoms in total. The summed E-state index contributed by atoms with van der Waals surface area (Å²) in [5.74, 6) is 0.239. The van der Waals surface area contributed by atoms with Crippen LogP contribution < -0.4 is 5.32 Å². The highest BCUT2D eigenvalue weighted by molar-refractivity contribution is 6.33. The summed E-state index contributed by atoms with van der Waals surface area (Å²) in [7, 11) is 1.35. The Morgan fingerprint density at radius 2 is 2.21 bits per heavy atom. The molecule has 3 aromatic rings. The van der Waals surface area contributed by atoms with Gasteiger partial charge in [0.2, 0.25) is 5.95 Å². The van der Waals surface area contributed by atoms with Gasteiger partial charge in [0.25, 0.3) is 0 Å². The number of anilines is 1. The van der Waals surface area contributed by atoms with Crippen molar-refractivity contribution in [2.75, 3.05) is 32.1 Å². The van der Waals surface area contributed by atoms with Crippen LogP contribution in [0, 0.1) is 5.82 Å². The summed E-state index contributed by atoms with van der Waals surface area (Å²) < 4.78 is 41.8. The van der Waals surface area contributed by atoms with Gasteiger partial charge < -0.3 is 34.1 Å². The molecule has 2 N–H and O–H groups in total. The molecule has 0 radical (unpaired) electrons. The Balaban J connectivity index is 1.35. The molecule has 39 heavy (non-hydrogen) atoms. The first kappa shape index (κ1) is 24.9. The lowest BCUT2D eigenvalue weighted by Crippen LogP contribution is -2.48. The lowest BCUT2D eigenvalue weighted by molar-refractivity contribution is -0.156. The van der Waals surface area contributed by atoms with Gasteiger partial charge in [0.15, 0.2) is 12.1 Å². The molecule has 0 spiro atoms. The number of halogens is 2. The highest BCUT2D eigenvalue weighted by Gasteiger charge is 2.43. The van der Waals surface area contributed by atoms with E-state index in [-0.39, 0.29) is 40.7 Å². The zero-order chi connectivity index (χ0) is 28.3. The fourth-order valence-corrected chi connectivity index (χ4v) is 5.76. The number of imidazole rings is 1. The minimum Gasteiger partial charge on any atom is -0.453 e. The zero-order valence-corrected chi connectivity index (χ0v) is 22.4. The van der Waals surface area contributed by atoms with E-state index in [2.05, 4.69) is 20.3 Å². The van der Waals surface area contributed by atoms with Crippen LogP contribution in [0.3, 0.4) is 0 Å². The number of hydrogen-bond donors (Lipinski definition) is 2. The quantitative estimate of drug-likeness (QED) is 0.479. The fourth-order valence-electron chi connectivity index (χ4n) is 5.56. The van der Waals surface area contributed by atoms with Crippen molar-refractivity contribution >= 4 is 34.7 Å². The van der Waals surface area contributed by atoms with Gasteiger partial charge in [-0.1, -0.05) is 11.6 Å². The van der Waals surface area contributed by atoms with Crippen LogP contribution in [-0.4, -0.2) is 87.0 Å². The van der Waals surface area contributed by atoms with Crippen molar-refractivity contribution in [1.29, 1.82) is 0 Å². The van der Waals surface area contributed by atoms with Crippen molar-refractivity contribution in [3.05, 3.63) is 35.0 Å². The molecule has 6 atom stereocenters. The summed E-state index contributed by atoms with van der Waals surface area (Å²) >= 11 is 6.49. The standard InChI is InChI=1S/C26H30ClFN6O5/c1-12(2)34-19-7-14(6-17(28)21(19)31-23(34)13-4-5-33(10-13)26(36)37-3)20-16(27)9-29-25(32-20)30-18-8-15-11-38-24(39-15)22(18)35/h6-7,9,12-13,15,18,22,24,35H,4-5,8,10-11H2,1-3H3,(H,29,30,32)/t13-,15+,18?,22+,24-/m1/s1/i8D/t8-,13-,15+,18?,22+,24-. The van der Waals surface area contributed by atoms with E-state index in [1.807, 2.05) is 18.4 Å². The first-order valence-corrected chi connectivity index (χ1v) is 13.2. The van der Waals surface area contributed by atoms with Crippen LogP contribution in [0.25, 0.3) is 22.3 Å². The second-order valence-electron chi connectivity index (χ2n) is 10.3. The van der Waals surface area contributed by atoms with Crippen LogP contribution in [-0.2, 0) is 14.2 Å². The van der Waals surface area contributed by atoms with E-state index in [9.17, 15) is 9.90 Å². The first-order valence-electron chi connectivity index (χ1n) is 13.4. The minimum absolute atomic E-state index is 0.0403. The third-order valence-electron chi connectivity index (χ3n) is 7.39. The molecule has 5 heterocycles. The van der Waals surface area contributed by atoms with Gasteiger partial charge in [0.05, 0.1) is 48.3 Å². The van der Waals surface area contributed by atoms with Gasteiger partial charge in [0, 0.05) is 32.0 Å². The zero-order valence-electron chi connectivity index (χ0n) is 22.7. The molecular weight excluding hydrogens is 531 g/mol. The van der Waals surface area contributed by atoms with Crippen molar-refractivity contribution in [2.24, 2.45) is 0 Å². The molecule has 2 bridgehead atoms. The summed E-state index contributed by atoms with van der Waals surface area (Å²) in [4.78, 5) is 27.1. The molecule has 0 saturated carbocycles. The number of methoxy groups -OCH3 is 1. The van der Waals surface area contributed by atoms with Gasteiger partial charge in [-0.2, -0.15) is 0 Å². The SMILES string of the molecule is [2H][C@H]1C(Nc2ncc(Cl)c(-c3cc(F)c4nc([C@@H]5CCN(C(=O)OC)C5)n(C(C)C)c4c3)n2)[C@H](O)[C@@H]2OC[C@H]1O2. The number of likely N-dealkylation sites (tertiary alicyclic amines) is 1. The van der Waals surface area contributed by atoms with Crippen molar-refractivity contribution in [2.45, 2.75) is 63.2 Å². The van der Waals surface area contributed by atoms with Crippen LogP contribution in [0.15, 0.2) is 18.3 Å². The van der Waals surface area contributed by atoms with Crippen molar-refractivity contribution < 1.29 is 29.9 Å². The van der Waals surface area contributed by atoms with Gasteiger partial charge in [-0.3, -0.25) is 0 Å². The van der Waals surface area contributed by atoms with Gasteiger partial charge in [-0.05, 0) is 38.8 Å². The fraction of sp³-hybridized carbons (Fsp3) is 0.538. The van der Waals surface area contributed by atoms with Gasteiger partial charge in [-0.25, -0.2) is 24.1 Å². The van der Waals surface area contributed by atoms with Crippen LogP contribution in [0.1, 0.15) is 45.8 Å². The average Bonchev–Trinajstić information content (AvgIpc) is 3.68. The number of carbonyl (C=O) groups is 1. The number of ether oxygens (including phenoxy) is 3. The number of aliphatic hydroxyl groups is 1. The average molecular weight is 562 g/mol. The van der Waals surface area contributed by atoms with E-state index < -0.39 is 42.8 Å². The molecule has 13 heteroatoms. The normalized spacial score (nSPS) is 28.8. The number of amides is 1. The molecule has 208 valence electrons. The van der Waals surface area contributed by atoms with E-state index in [0.717, 1.165) is 0 Å². The maximum atomic E-state index is 15.6. The summed E-state index contributed by atoms with van der Waals surface area (Å²) in [6.07, 6.45) is -1.51. The first-order chi connectivity index (χ1) is 19.2. The van der Waals surface area contributed by atoms with Gasteiger partial charge in [0.1, 0.15) is 17.4 Å². The number of aromatic nitrogens is 4. The number of nitrogens with zero attached hydrogens (tertiary/aromatic N) is 5. The van der Waals surface area contributed by atoms with E-state index in [1.54, 1.807) is 11.0 Å². The second kappa shape index (κ2) is 10.2. The van der Waals surface area contributed by atoms with E-state index in [0.29, 0.717) is 36.4 Å². The van der Waals surface area contributed by atoms with Crippen LogP contribution in [0.5, 0.6) is 0 Å². The largest absolute Gasteiger partial charge is 0.453 e. The third kappa shape index (κ3) is 4.69. The van der Waals surface area contributed by atoms with Gasteiger partial charge in [-0.15, -0.1) is 0 Å². The number of nitrogens with one attached hydrogen (secondary N) is 1. The Kier molecular flexibility index (Phi) is 6.50. The Morgan fingerprint density at radius 1 is 1.38 bits per heavy atom. The summed E-state index contributed by atoms with van der Waals surface area (Å²) in [5.41, 5.74) is 1.53. The number of rotatable bonds is 5. The topological polar surface area (TPSA) is 124 Å². The lowest BCUT2D eigenvalue weighted by Gasteiger charge is -2.32. The van der Waals surface area contributed by atoms with Crippen LogP contribution in [0.4, 0.5) is 15.1 Å². The molecule has 3 aliphatic heterocycles. The summed E-state index contributed by atoms with van der Waals surface area (Å²) in [6, 6.07) is 2.36. The third-order valence-corrected chi connectivity index (χ3v) is 7.67. The van der Waals surface area contributed by atoms with Crippen molar-refractivity contribution in [3.8, 4) is 11.3 Å².